The van der Waals surface area contributed by atoms with Gasteiger partial charge < -0.3 is 18.3 Å². The standard InChI is InChI=1S/C24H22O6/c1-5-27-17-7-9-20-19(11-17)15(4)23(29-20)24(26)28-12-16-10-21(25)30-22-14(3)13(2)6-8-18(16)22/h6-11H,5,12H2,1-4H3. The third kappa shape index (κ3) is 3.45. The number of ether oxygens (including phenoxy) is 2. The van der Waals surface area contributed by atoms with Gasteiger partial charge in [0, 0.05) is 28.0 Å². The smallest absolute Gasteiger partial charge is 0.374 e. The van der Waals surface area contributed by atoms with Crippen LogP contribution in [0.1, 0.15) is 39.7 Å². The lowest BCUT2D eigenvalue weighted by Crippen LogP contribution is -2.08. The molecule has 30 heavy (non-hydrogen) atoms. The highest BCUT2D eigenvalue weighted by Gasteiger charge is 2.20. The molecule has 4 rings (SSSR count). The first kappa shape index (κ1) is 19.8. The Morgan fingerprint density at radius 2 is 1.77 bits per heavy atom. The molecular formula is C24H22O6. The fourth-order valence-electron chi connectivity index (χ4n) is 3.50. The average Bonchev–Trinajstić information content (AvgIpc) is 3.05. The van der Waals surface area contributed by atoms with Crippen molar-refractivity contribution in [2.45, 2.75) is 34.3 Å². The number of rotatable bonds is 5. The molecule has 0 saturated carbocycles. The number of hydrogen-bond acceptors (Lipinski definition) is 6. The number of benzene rings is 2. The molecule has 0 unspecified atom stereocenters. The number of hydrogen-bond donors (Lipinski definition) is 0. The number of carbonyl (C=O) groups excluding carboxylic acids is 1. The topological polar surface area (TPSA) is 78.9 Å². The van der Waals surface area contributed by atoms with E-state index in [1.165, 1.54) is 6.07 Å². The molecule has 6 heteroatoms. The SMILES string of the molecule is CCOc1ccc2oc(C(=O)OCc3cc(=O)oc4c(C)c(C)ccc34)c(C)c2c1. The second kappa shape index (κ2) is 7.71. The Morgan fingerprint density at radius 1 is 0.967 bits per heavy atom. The quantitative estimate of drug-likeness (QED) is 0.334. The van der Waals surface area contributed by atoms with Crippen LogP contribution in [0.5, 0.6) is 5.75 Å². The molecule has 4 aromatic rings. The Morgan fingerprint density at radius 3 is 2.53 bits per heavy atom. The van der Waals surface area contributed by atoms with Gasteiger partial charge in [0.25, 0.3) is 0 Å². The zero-order chi connectivity index (χ0) is 21.4. The minimum Gasteiger partial charge on any atom is -0.494 e. The summed E-state index contributed by atoms with van der Waals surface area (Å²) in [7, 11) is 0. The molecule has 0 bridgehead atoms. The molecule has 0 amide bonds. The van der Waals surface area contributed by atoms with Gasteiger partial charge in [0.05, 0.1) is 6.61 Å². The fraction of sp³-hybridized carbons (Fsp3) is 0.250. The second-order valence-electron chi connectivity index (χ2n) is 7.20. The van der Waals surface area contributed by atoms with E-state index in [2.05, 4.69) is 0 Å². The molecule has 2 aromatic carbocycles. The van der Waals surface area contributed by atoms with Crippen molar-refractivity contribution in [2.24, 2.45) is 0 Å². The van der Waals surface area contributed by atoms with Crippen molar-refractivity contribution in [1.29, 1.82) is 0 Å². The predicted octanol–water partition coefficient (Wildman–Crippen LogP) is 5.22. The van der Waals surface area contributed by atoms with E-state index in [0.29, 0.717) is 34.6 Å². The highest BCUT2D eigenvalue weighted by Crippen LogP contribution is 2.30. The molecule has 0 aliphatic heterocycles. The summed E-state index contributed by atoms with van der Waals surface area (Å²) in [6.07, 6.45) is 0. The van der Waals surface area contributed by atoms with Crippen LogP contribution in [0, 0.1) is 20.8 Å². The van der Waals surface area contributed by atoms with E-state index in [0.717, 1.165) is 21.9 Å². The van der Waals surface area contributed by atoms with Crippen LogP contribution in [0.15, 0.2) is 50.0 Å². The van der Waals surface area contributed by atoms with Crippen molar-refractivity contribution < 1.29 is 23.1 Å². The zero-order valence-corrected chi connectivity index (χ0v) is 17.3. The van der Waals surface area contributed by atoms with E-state index in [4.69, 9.17) is 18.3 Å². The van der Waals surface area contributed by atoms with Gasteiger partial charge in [-0.25, -0.2) is 9.59 Å². The molecule has 0 spiro atoms. The number of fused-ring (bicyclic) bond motifs is 2. The summed E-state index contributed by atoms with van der Waals surface area (Å²) in [5, 5.41) is 1.54. The van der Waals surface area contributed by atoms with Gasteiger partial charge in [0.2, 0.25) is 5.76 Å². The van der Waals surface area contributed by atoms with Gasteiger partial charge in [0.1, 0.15) is 23.5 Å². The van der Waals surface area contributed by atoms with Crippen LogP contribution in [-0.2, 0) is 11.3 Å². The van der Waals surface area contributed by atoms with E-state index in [1.54, 1.807) is 19.1 Å². The molecule has 6 nitrogen and oxygen atoms in total. The van der Waals surface area contributed by atoms with Gasteiger partial charge in [-0.15, -0.1) is 0 Å². The number of carbonyl (C=O) groups is 1. The maximum Gasteiger partial charge on any atom is 0.374 e. The number of aryl methyl sites for hydroxylation is 3. The summed E-state index contributed by atoms with van der Waals surface area (Å²) in [5.41, 5.74) is 3.79. The Kier molecular flexibility index (Phi) is 5.08. The lowest BCUT2D eigenvalue weighted by Gasteiger charge is -2.09. The Labute approximate surface area is 173 Å². The number of esters is 1. The van der Waals surface area contributed by atoms with E-state index in [-0.39, 0.29) is 12.4 Å². The summed E-state index contributed by atoms with van der Waals surface area (Å²) in [6.45, 7) is 8.04. The molecule has 0 aliphatic carbocycles. The monoisotopic (exact) mass is 406 g/mol. The number of furan rings is 1. The van der Waals surface area contributed by atoms with Gasteiger partial charge in [-0.3, -0.25) is 0 Å². The molecule has 0 N–H and O–H groups in total. The molecular weight excluding hydrogens is 384 g/mol. The summed E-state index contributed by atoms with van der Waals surface area (Å²) >= 11 is 0. The van der Waals surface area contributed by atoms with Crippen LogP contribution in [-0.4, -0.2) is 12.6 Å². The Balaban J connectivity index is 1.63. The first-order chi connectivity index (χ1) is 14.4. The minimum atomic E-state index is -0.591. The lowest BCUT2D eigenvalue weighted by molar-refractivity contribution is 0.0438. The van der Waals surface area contributed by atoms with Gasteiger partial charge in [-0.2, -0.15) is 0 Å². The van der Waals surface area contributed by atoms with Crippen molar-refractivity contribution in [2.75, 3.05) is 6.61 Å². The molecule has 0 radical (unpaired) electrons. The van der Waals surface area contributed by atoms with Crippen molar-refractivity contribution >= 4 is 27.9 Å². The molecule has 0 aliphatic rings. The molecule has 2 aromatic heterocycles. The Bertz CT molecular complexity index is 1330. The highest BCUT2D eigenvalue weighted by atomic mass is 16.5. The summed E-state index contributed by atoms with van der Waals surface area (Å²) in [4.78, 5) is 24.7. The Hall–Kier alpha value is -3.54. The molecule has 2 heterocycles. The summed E-state index contributed by atoms with van der Waals surface area (Å²) in [6, 6.07) is 10.6. The summed E-state index contributed by atoms with van der Waals surface area (Å²) < 4.78 is 22.1. The van der Waals surface area contributed by atoms with Gasteiger partial charge in [-0.05, 0) is 57.0 Å². The van der Waals surface area contributed by atoms with Gasteiger partial charge in [0.15, 0.2) is 0 Å². The third-order valence-electron chi connectivity index (χ3n) is 5.28. The third-order valence-corrected chi connectivity index (χ3v) is 5.28. The molecule has 0 atom stereocenters. The summed E-state index contributed by atoms with van der Waals surface area (Å²) in [5.74, 6) is 0.256. The van der Waals surface area contributed by atoms with Crippen LogP contribution in [0.25, 0.3) is 21.9 Å². The average molecular weight is 406 g/mol. The van der Waals surface area contributed by atoms with Gasteiger partial charge in [-0.1, -0.05) is 12.1 Å². The molecule has 0 saturated heterocycles. The van der Waals surface area contributed by atoms with Crippen LogP contribution >= 0.6 is 0 Å². The second-order valence-corrected chi connectivity index (χ2v) is 7.20. The van der Waals surface area contributed by atoms with Crippen LogP contribution in [0.2, 0.25) is 0 Å². The van der Waals surface area contributed by atoms with Crippen molar-refractivity contribution in [3.63, 3.8) is 0 Å². The van der Waals surface area contributed by atoms with E-state index >= 15 is 0 Å². The highest BCUT2D eigenvalue weighted by molar-refractivity contribution is 5.96. The normalized spacial score (nSPS) is 11.2. The molecule has 0 fully saturated rings. The minimum absolute atomic E-state index is 0.0654. The lowest BCUT2D eigenvalue weighted by atomic mass is 10.0. The van der Waals surface area contributed by atoms with Gasteiger partial charge >= 0.3 is 11.6 Å². The van der Waals surface area contributed by atoms with Crippen molar-refractivity contribution in [3.8, 4) is 5.75 Å². The van der Waals surface area contributed by atoms with Crippen molar-refractivity contribution in [1.82, 2.24) is 0 Å². The van der Waals surface area contributed by atoms with Crippen LogP contribution in [0.3, 0.4) is 0 Å². The van der Waals surface area contributed by atoms with Crippen LogP contribution < -0.4 is 10.4 Å². The first-order valence-electron chi connectivity index (χ1n) is 9.75. The fourth-order valence-corrected chi connectivity index (χ4v) is 3.50. The first-order valence-corrected chi connectivity index (χ1v) is 9.75. The van der Waals surface area contributed by atoms with E-state index < -0.39 is 11.6 Å². The van der Waals surface area contributed by atoms with Crippen molar-refractivity contribution in [3.05, 3.63) is 74.8 Å². The van der Waals surface area contributed by atoms with E-state index in [9.17, 15) is 9.59 Å². The molecule has 154 valence electrons. The zero-order valence-electron chi connectivity index (χ0n) is 17.3. The predicted molar refractivity (Wildman–Crippen MR) is 113 cm³/mol. The largest absolute Gasteiger partial charge is 0.494 e. The maximum atomic E-state index is 12.7. The van der Waals surface area contributed by atoms with Crippen LogP contribution in [0.4, 0.5) is 0 Å². The van der Waals surface area contributed by atoms with E-state index in [1.807, 2.05) is 39.0 Å². The maximum absolute atomic E-state index is 12.7.